The van der Waals surface area contributed by atoms with Gasteiger partial charge in [-0.15, -0.1) is 0 Å². The molecule has 0 saturated carbocycles. The summed E-state index contributed by atoms with van der Waals surface area (Å²) in [6.45, 7) is 2.59. The van der Waals surface area contributed by atoms with E-state index in [4.69, 9.17) is 5.11 Å². The van der Waals surface area contributed by atoms with E-state index in [0.717, 1.165) is 25.7 Å². The number of nitrogens with zero attached hydrogens (tertiary/aromatic N) is 2. The van der Waals surface area contributed by atoms with E-state index in [9.17, 15) is 9.59 Å². The van der Waals surface area contributed by atoms with E-state index in [-0.39, 0.29) is 11.3 Å². The first-order chi connectivity index (χ1) is 7.65. The molecule has 0 amide bonds. The van der Waals surface area contributed by atoms with E-state index in [0.29, 0.717) is 6.54 Å². The first-order valence-electron chi connectivity index (χ1n) is 5.46. The van der Waals surface area contributed by atoms with Gasteiger partial charge in [-0.25, -0.2) is 9.48 Å². The van der Waals surface area contributed by atoms with Crippen LogP contribution in [0.25, 0.3) is 0 Å². The quantitative estimate of drug-likeness (QED) is 0.743. The SMILES string of the molecule is CCCCCCn1nc(C(=O)O)ccc1=O. The minimum absolute atomic E-state index is 0.0879. The van der Waals surface area contributed by atoms with Gasteiger partial charge < -0.3 is 5.11 Å². The highest BCUT2D eigenvalue weighted by atomic mass is 16.4. The fraction of sp³-hybridized carbons (Fsp3) is 0.545. The number of rotatable bonds is 6. The maximum Gasteiger partial charge on any atom is 0.356 e. The van der Waals surface area contributed by atoms with Crippen molar-refractivity contribution in [2.24, 2.45) is 0 Å². The van der Waals surface area contributed by atoms with Crippen molar-refractivity contribution >= 4 is 5.97 Å². The molecule has 0 atom stereocenters. The van der Waals surface area contributed by atoms with Crippen molar-refractivity contribution in [1.29, 1.82) is 0 Å². The number of aryl methyl sites for hydroxylation is 1. The summed E-state index contributed by atoms with van der Waals surface area (Å²) in [6, 6.07) is 2.48. The van der Waals surface area contributed by atoms with Crippen molar-refractivity contribution in [2.75, 3.05) is 0 Å². The predicted molar refractivity (Wildman–Crippen MR) is 59.6 cm³/mol. The summed E-state index contributed by atoms with van der Waals surface area (Å²) in [5, 5.41) is 12.5. The van der Waals surface area contributed by atoms with Gasteiger partial charge >= 0.3 is 5.97 Å². The van der Waals surface area contributed by atoms with E-state index in [1.54, 1.807) is 0 Å². The molecule has 1 N–H and O–H groups in total. The lowest BCUT2D eigenvalue weighted by Crippen LogP contribution is -2.24. The van der Waals surface area contributed by atoms with Crippen LogP contribution in [0.2, 0.25) is 0 Å². The maximum absolute atomic E-state index is 11.4. The van der Waals surface area contributed by atoms with Gasteiger partial charge in [0.05, 0.1) is 0 Å². The zero-order valence-corrected chi connectivity index (χ0v) is 9.35. The summed E-state index contributed by atoms with van der Waals surface area (Å²) in [6.07, 6.45) is 4.12. The molecule has 1 aromatic heterocycles. The van der Waals surface area contributed by atoms with E-state index in [1.807, 2.05) is 0 Å². The van der Waals surface area contributed by atoms with Crippen LogP contribution in [-0.2, 0) is 6.54 Å². The average Bonchev–Trinajstić information content (AvgIpc) is 2.26. The van der Waals surface area contributed by atoms with Gasteiger partial charge in [-0.1, -0.05) is 26.2 Å². The highest BCUT2D eigenvalue weighted by Crippen LogP contribution is 2.00. The lowest BCUT2D eigenvalue weighted by Gasteiger charge is -2.04. The molecule has 0 unspecified atom stereocenters. The molecule has 0 saturated heterocycles. The monoisotopic (exact) mass is 224 g/mol. The Morgan fingerprint density at radius 2 is 2.12 bits per heavy atom. The van der Waals surface area contributed by atoms with Crippen LogP contribution in [-0.4, -0.2) is 20.9 Å². The van der Waals surface area contributed by atoms with Crippen molar-refractivity contribution in [3.63, 3.8) is 0 Å². The molecule has 5 nitrogen and oxygen atoms in total. The number of carboxylic acids is 1. The van der Waals surface area contributed by atoms with Crippen molar-refractivity contribution < 1.29 is 9.90 Å². The molecule has 1 heterocycles. The summed E-state index contributed by atoms with van der Waals surface area (Å²) >= 11 is 0. The second-order valence-corrected chi connectivity index (χ2v) is 3.65. The van der Waals surface area contributed by atoms with Gasteiger partial charge in [-0.05, 0) is 12.5 Å². The Morgan fingerprint density at radius 3 is 2.75 bits per heavy atom. The first-order valence-corrected chi connectivity index (χ1v) is 5.46. The molecular weight excluding hydrogens is 208 g/mol. The molecule has 0 aliphatic heterocycles. The average molecular weight is 224 g/mol. The largest absolute Gasteiger partial charge is 0.476 e. The number of carbonyl (C=O) groups is 1. The molecule has 1 rings (SSSR count). The van der Waals surface area contributed by atoms with Gasteiger partial charge in [0.2, 0.25) is 0 Å². The number of hydrogen-bond donors (Lipinski definition) is 1. The zero-order chi connectivity index (χ0) is 12.0. The normalized spacial score (nSPS) is 10.3. The van der Waals surface area contributed by atoms with Crippen LogP contribution >= 0.6 is 0 Å². The smallest absolute Gasteiger partial charge is 0.356 e. The van der Waals surface area contributed by atoms with Gasteiger partial charge in [0.1, 0.15) is 0 Å². The molecule has 0 spiro atoms. The topological polar surface area (TPSA) is 72.2 Å². The van der Waals surface area contributed by atoms with Crippen molar-refractivity contribution in [3.05, 3.63) is 28.2 Å². The van der Waals surface area contributed by atoms with Crippen LogP contribution in [0, 0.1) is 0 Å². The fourth-order valence-electron chi connectivity index (χ4n) is 1.41. The van der Waals surface area contributed by atoms with Gasteiger partial charge in [-0.3, -0.25) is 4.79 Å². The van der Waals surface area contributed by atoms with Crippen LogP contribution < -0.4 is 5.56 Å². The van der Waals surface area contributed by atoms with Crippen molar-refractivity contribution in [1.82, 2.24) is 9.78 Å². The molecule has 88 valence electrons. The Hall–Kier alpha value is -1.65. The predicted octanol–water partition coefficient (Wildman–Crippen LogP) is 1.52. The molecule has 0 aliphatic carbocycles. The molecule has 0 fully saturated rings. The summed E-state index contributed by atoms with van der Waals surface area (Å²) in [4.78, 5) is 22.0. The molecule has 0 aliphatic rings. The van der Waals surface area contributed by atoms with Crippen LogP contribution in [0.4, 0.5) is 0 Å². The van der Waals surface area contributed by atoms with Crippen LogP contribution in [0.5, 0.6) is 0 Å². The molecule has 5 heteroatoms. The number of aromatic nitrogens is 2. The molecular formula is C11H16N2O3. The second kappa shape index (κ2) is 6.05. The van der Waals surface area contributed by atoms with E-state index < -0.39 is 5.97 Å². The standard InChI is InChI=1S/C11H16N2O3/c1-2-3-4-5-8-13-10(14)7-6-9(12-13)11(15)16/h6-7H,2-5,8H2,1H3,(H,15,16). The van der Waals surface area contributed by atoms with Gasteiger partial charge in [0.15, 0.2) is 5.69 Å². The highest BCUT2D eigenvalue weighted by molar-refractivity contribution is 5.84. The molecule has 0 aromatic carbocycles. The zero-order valence-electron chi connectivity index (χ0n) is 9.35. The van der Waals surface area contributed by atoms with E-state index in [2.05, 4.69) is 12.0 Å². The third-order valence-electron chi connectivity index (χ3n) is 2.31. The van der Waals surface area contributed by atoms with Gasteiger partial charge in [-0.2, -0.15) is 5.10 Å². The van der Waals surface area contributed by atoms with Crippen molar-refractivity contribution in [2.45, 2.75) is 39.2 Å². The summed E-state index contributed by atoms with van der Waals surface area (Å²) in [7, 11) is 0. The van der Waals surface area contributed by atoms with Crippen LogP contribution in [0.15, 0.2) is 16.9 Å². The Labute approximate surface area is 93.7 Å². The number of aromatic carboxylic acids is 1. The molecule has 0 bridgehead atoms. The first kappa shape index (κ1) is 12.4. The Balaban J connectivity index is 2.67. The molecule has 0 radical (unpaired) electrons. The van der Waals surface area contributed by atoms with Crippen LogP contribution in [0.1, 0.15) is 43.1 Å². The Kier molecular flexibility index (Phi) is 4.69. The number of carboxylic acid groups (broad SMARTS) is 1. The van der Waals surface area contributed by atoms with E-state index in [1.165, 1.54) is 16.8 Å². The summed E-state index contributed by atoms with van der Waals surface area (Å²) in [5.41, 5.74) is -0.336. The number of unbranched alkanes of at least 4 members (excludes halogenated alkanes) is 3. The van der Waals surface area contributed by atoms with Crippen LogP contribution in [0.3, 0.4) is 0 Å². The minimum atomic E-state index is -1.11. The lowest BCUT2D eigenvalue weighted by molar-refractivity contribution is 0.0687. The number of hydrogen-bond acceptors (Lipinski definition) is 3. The fourth-order valence-corrected chi connectivity index (χ4v) is 1.41. The third kappa shape index (κ3) is 3.49. The van der Waals surface area contributed by atoms with E-state index >= 15 is 0 Å². The van der Waals surface area contributed by atoms with Gasteiger partial charge in [0.25, 0.3) is 5.56 Å². The maximum atomic E-state index is 11.4. The highest BCUT2D eigenvalue weighted by Gasteiger charge is 2.06. The third-order valence-corrected chi connectivity index (χ3v) is 2.31. The Bertz CT molecular complexity index is 412. The van der Waals surface area contributed by atoms with Crippen molar-refractivity contribution in [3.8, 4) is 0 Å². The lowest BCUT2D eigenvalue weighted by atomic mass is 10.2. The van der Waals surface area contributed by atoms with Gasteiger partial charge in [0, 0.05) is 12.6 Å². The minimum Gasteiger partial charge on any atom is -0.476 e. The summed E-state index contributed by atoms with van der Waals surface area (Å²) in [5.74, 6) is -1.11. The summed E-state index contributed by atoms with van der Waals surface area (Å²) < 4.78 is 1.22. The molecule has 16 heavy (non-hydrogen) atoms. The molecule has 1 aromatic rings. The Morgan fingerprint density at radius 1 is 1.38 bits per heavy atom. The second-order valence-electron chi connectivity index (χ2n) is 3.65.